The normalized spacial score (nSPS) is 16.4. The molecule has 114 valence electrons. The standard InChI is InChI=1S/C14H19N3O3S/c1-2-14(18)16-11-3-5-13(6-4-11)21(19,20)17-12-7-9-15-10-8-12/h2-6,12,15,17H,1,7-10H2,(H,16,18). The molecule has 0 spiro atoms. The van der Waals surface area contributed by atoms with Gasteiger partial charge in [-0.05, 0) is 56.3 Å². The van der Waals surface area contributed by atoms with E-state index < -0.39 is 10.0 Å². The van der Waals surface area contributed by atoms with E-state index in [4.69, 9.17) is 0 Å². The van der Waals surface area contributed by atoms with Crippen molar-refractivity contribution in [2.45, 2.75) is 23.8 Å². The fourth-order valence-corrected chi connectivity index (χ4v) is 3.44. The molecule has 0 radical (unpaired) electrons. The minimum absolute atomic E-state index is 0.0311. The van der Waals surface area contributed by atoms with Gasteiger partial charge in [0.1, 0.15) is 0 Å². The van der Waals surface area contributed by atoms with Crippen molar-refractivity contribution in [3.63, 3.8) is 0 Å². The van der Waals surface area contributed by atoms with Crippen LogP contribution < -0.4 is 15.4 Å². The Kier molecular flexibility index (Phi) is 5.11. The van der Waals surface area contributed by atoms with E-state index in [-0.39, 0.29) is 16.8 Å². The molecule has 1 aromatic carbocycles. The van der Waals surface area contributed by atoms with Crippen molar-refractivity contribution in [2.75, 3.05) is 18.4 Å². The van der Waals surface area contributed by atoms with Crippen LogP contribution in [0, 0.1) is 0 Å². The maximum absolute atomic E-state index is 12.3. The summed E-state index contributed by atoms with van der Waals surface area (Å²) in [4.78, 5) is 11.4. The minimum Gasteiger partial charge on any atom is -0.323 e. The van der Waals surface area contributed by atoms with Crippen molar-refractivity contribution in [1.82, 2.24) is 10.0 Å². The van der Waals surface area contributed by atoms with E-state index in [1.54, 1.807) is 12.1 Å². The molecule has 0 aliphatic carbocycles. The summed E-state index contributed by atoms with van der Waals surface area (Å²) in [5, 5.41) is 5.76. The molecule has 0 bridgehead atoms. The molecule has 1 aliphatic rings. The molecule has 0 aromatic heterocycles. The maximum Gasteiger partial charge on any atom is 0.247 e. The first-order chi connectivity index (χ1) is 10.0. The molecule has 1 aliphatic heterocycles. The van der Waals surface area contributed by atoms with Crippen LogP contribution in [0.25, 0.3) is 0 Å². The van der Waals surface area contributed by atoms with Gasteiger partial charge in [-0.3, -0.25) is 4.79 Å². The van der Waals surface area contributed by atoms with Crippen LogP contribution >= 0.6 is 0 Å². The Morgan fingerprint density at radius 3 is 2.43 bits per heavy atom. The molecule has 2 rings (SSSR count). The molecule has 6 nitrogen and oxygen atoms in total. The lowest BCUT2D eigenvalue weighted by Gasteiger charge is -2.23. The fraction of sp³-hybridized carbons (Fsp3) is 0.357. The molecule has 1 amide bonds. The second-order valence-corrected chi connectivity index (χ2v) is 6.58. The second-order valence-electron chi connectivity index (χ2n) is 4.86. The van der Waals surface area contributed by atoms with Gasteiger partial charge in [0.15, 0.2) is 0 Å². The van der Waals surface area contributed by atoms with E-state index in [2.05, 4.69) is 21.9 Å². The molecule has 1 aromatic rings. The van der Waals surface area contributed by atoms with Crippen LogP contribution in [-0.2, 0) is 14.8 Å². The van der Waals surface area contributed by atoms with Gasteiger partial charge < -0.3 is 10.6 Å². The van der Waals surface area contributed by atoms with E-state index in [0.717, 1.165) is 32.0 Å². The monoisotopic (exact) mass is 309 g/mol. The van der Waals surface area contributed by atoms with Crippen LogP contribution in [0.1, 0.15) is 12.8 Å². The van der Waals surface area contributed by atoms with Gasteiger partial charge in [0.05, 0.1) is 4.90 Å². The van der Waals surface area contributed by atoms with Crippen LogP contribution in [0.3, 0.4) is 0 Å². The van der Waals surface area contributed by atoms with E-state index >= 15 is 0 Å². The highest BCUT2D eigenvalue weighted by molar-refractivity contribution is 7.89. The van der Waals surface area contributed by atoms with Gasteiger partial charge in [-0.25, -0.2) is 13.1 Å². The predicted molar refractivity (Wildman–Crippen MR) is 81.5 cm³/mol. The largest absolute Gasteiger partial charge is 0.323 e. The first-order valence-electron chi connectivity index (χ1n) is 6.78. The highest BCUT2D eigenvalue weighted by Gasteiger charge is 2.21. The summed E-state index contributed by atoms with van der Waals surface area (Å²) in [6.45, 7) is 4.99. The zero-order valence-corrected chi connectivity index (χ0v) is 12.4. The third-order valence-electron chi connectivity index (χ3n) is 3.28. The van der Waals surface area contributed by atoms with E-state index in [0.29, 0.717) is 5.69 Å². The number of sulfonamides is 1. The molecule has 1 fully saturated rings. The Morgan fingerprint density at radius 1 is 1.24 bits per heavy atom. The van der Waals surface area contributed by atoms with Gasteiger partial charge in [-0.15, -0.1) is 0 Å². The van der Waals surface area contributed by atoms with Crippen molar-refractivity contribution < 1.29 is 13.2 Å². The average Bonchev–Trinajstić information content (AvgIpc) is 2.48. The second kappa shape index (κ2) is 6.84. The SMILES string of the molecule is C=CC(=O)Nc1ccc(S(=O)(=O)NC2CCNCC2)cc1. The summed E-state index contributed by atoms with van der Waals surface area (Å²) in [5.74, 6) is -0.335. The van der Waals surface area contributed by atoms with Crippen LogP contribution in [0.4, 0.5) is 5.69 Å². The average molecular weight is 309 g/mol. The first kappa shape index (κ1) is 15.7. The molecule has 0 unspecified atom stereocenters. The highest BCUT2D eigenvalue weighted by Crippen LogP contribution is 2.15. The molecular weight excluding hydrogens is 290 g/mol. The van der Waals surface area contributed by atoms with Crippen LogP contribution in [-0.4, -0.2) is 33.5 Å². The lowest BCUT2D eigenvalue weighted by atomic mass is 10.1. The minimum atomic E-state index is -3.52. The van der Waals surface area contributed by atoms with Gasteiger partial charge in [0.2, 0.25) is 15.9 Å². The Balaban J connectivity index is 2.05. The molecule has 3 N–H and O–H groups in total. The maximum atomic E-state index is 12.3. The number of carbonyl (C=O) groups excluding carboxylic acids is 1. The number of rotatable bonds is 5. The van der Waals surface area contributed by atoms with Gasteiger partial charge in [-0.2, -0.15) is 0 Å². The van der Waals surface area contributed by atoms with Gasteiger partial charge in [-0.1, -0.05) is 6.58 Å². The van der Waals surface area contributed by atoms with Crippen molar-refractivity contribution >= 4 is 21.6 Å². The summed E-state index contributed by atoms with van der Waals surface area (Å²) in [7, 11) is -3.52. The zero-order chi connectivity index (χ0) is 15.3. The van der Waals surface area contributed by atoms with E-state index in [1.807, 2.05) is 0 Å². The smallest absolute Gasteiger partial charge is 0.247 e. The lowest BCUT2D eigenvalue weighted by molar-refractivity contribution is -0.111. The van der Waals surface area contributed by atoms with Crippen LogP contribution in [0.2, 0.25) is 0 Å². The Hall–Kier alpha value is -1.70. The number of nitrogens with one attached hydrogen (secondary N) is 3. The Bertz CT molecular complexity index is 605. The number of anilines is 1. The van der Waals surface area contributed by atoms with Crippen molar-refractivity contribution in [2.24, 2.45) is 0 Å². The summed E-state index contributed by atoms with van der Waals surface area (Å²) < 4.78 is 27.2. The molecule has 0 saturated carbocycles. The Morgan fingerprint density at radius 2 is 1.86 bits per heavy atom. The third kappa shape index (κ3) is 4.38. The topological polar surface area (TPSA) is 87.3 Å². The van der Waals surface area contributed by atoms with Gasteiger partial charge in [0, 0.05) is 11.7 Å². The molecule has 1 heterocycles. The number of carbonyl (C=O) groups is 1. The first-order valence-corrected chi connectivity index (χ1v) is 8.26. The van der Waals surface area contributed by atoms with Crippen molar-refractivity contribution in [1.29, 1.82) is 0 Å². The quantitative estimate of drug-likeness (QED) is 0.704. The van der Waals surface area contributed by atoms with Gasteiger partial charge in [0.25, 0.3) is 0 Å². The van der Waals surface area contributed by atoms with E-state index in [1.165, 1.54) is 12.1 Å². The predicted octanol–water partition coefficient (Wildman–Crippen LogP) is 0.841. The number of hydrogen-bond acceptors (Lipinski definition) is 4. The van der Waals surface area contributed by atoms with Crippen molar-refractivity contribution in [3.05, 3.63) is 36.9 Å². The summed E-state index contributed by atoms with van der Waals surface area (Å²) in [6, 6.07) is 6.03. The molecular formula is C14H19N3O3S. The number of piperidine rings is 1. The molecule has 1 saturated heterocycles. The zero-order valence-electron chi connectivity index (χ0n) is 11.6. The number of amides is 1. The van der Waals surface area contributed by atoms with E-state index in [9.17, 15) is 13.2 Å². The Labute approximate surface area is 124 Å². The van der Waals surface area contributed by atoms with Crippen LogP contribution in [0.15, 0.2) is 41.8 Å². The highest BCUT2D eigenvalue weighted by atomic mass is 32.2. The molecule has 21 heavy (non-hydrogen) atoms. The molecule has 0 atom stereocenters. The summed E-state index contributed by atoms with van der Waals surface area (Å²) >= 11 is 0. The third-order valence-corrected chi connectivity index (χ3v) is 4.81. The molecule has 7 heteroatoms. The van der Waals surface area contributed by atoms with Gasteiger partial charge >= 0.3 is 0 Å². The van der Waals surface area contributed by atoms with Crippen LogP contribution in [0.5, 0.6) is 0 Å². The summed E-state index contributed by atoms with van der Waals surface area (Å²) in [5.41, 5.74) is 0.528. The number of hydrogen-bond donors (Lipinski definition) is 3. The van der Waals surface area contributed by atoms with Crippen molar-refractivity contribution in [3.8, 4) is 0 Å². The fourth-order valence-electron chi connectivity index (χ4n) is 2.14. The number of benzene rings is 1. The summed E-state index contributed by atoms with van der Waals surface area (Å²) in [6.07, 6.45) is 2.72. The lowest BCUT2D eigenvalue weighted by Crippen LogP contribution is -2.42.